The second-order valence-corrected chi connectivity index (χ2v) is 10.4. The molecule has 1 fully saturated rings. The fraction of sp³-hybridized carbons (Fsp3) is 0.312. The molecular weight excluding hydrogens is 520 g/mol. The second-order valence-electron chi connectivity index (χ2n) is 10.4. The summed E-state index contributed by atoms with van der Waals surface area (Å²) in [5.74, 6) is 0.620. The topological polar surface area (TPSA) is 92.4 Å². The van der Waals surface area contributed by atoms with E-state index in [-0.39, 0.29) is 12.5 Å². The molecule has 0 atom stereocenters. The summed E-state index contributed by atoms with van der Waals surface area (Å²) in [6, 6.07) is 19.1. The van der Waals surface area contributed by atoms with Gasteiger partial charge in [0.1, 0.15) is 13.2 Å². The summed E-state index contributed by atoms with van der Waals surface area (Å²) in [5.41, 5.74) is 5.64. The van der Waals surface area contributed by atoms with Crippen molar-refractivity contribution in [3.8, 4) is 11.5 Å². The fourth-order valence-electron chi connectivity index (χ4n) is 5.34. The molecule has 3 aliphatic rings. The Kier molecular flexibility index (Phi) is 7.63. The SMILES string of the molecule is CCOC(=O)c1ccc2c(c1)NC(=O)C2=C(Nc1ccc(CN2CCN(C)CC2)cc1)c1ccc2c(c1)OCCO2. The average Bonchev–Trinajstić information content (AvgIpc) is 3.32. The van der Waals surface area contributed by atoms with Gasteiger partial charge in [-0.25, -0.2) is 4.79 Å². The molecule has 3 aromatic rings. The summed E-state index contributed by atoms with van der Waals surface area (Å²) < 4.78 is 16.7. The molecule has 0 bridgehead atoms. The number of carbonyl (C=O) groups is 2. The maximum absolute atomic E-state index is 13.4. The van der Waals surface area contributed by atoms with Gasteiger partial charge in [-0.1, -0.05) is 18.2 Å². The molecule has 3 heterocycles. The molecule has 0 aliphatic carbocycles. The Morgan fingerprint density at radius 3 is 2.41 bits per heavy atom. The number of carbonyl (C=O) groups excluding carboxylic acids is 2. The van der Waals surface area contributed by atoms with Crippen LogP contribution >= 0.6 is 0 Å². The van der Waals surface area contributed by atoms with Gasteiger partial charge in [0.15, 0.2) is 11.5 Å². The molecule has 0 unspecified atom stereocenters. The van der Waals surface area contributed by atoms with Crippen molar-refractivity contribution in [1.29, 1.82) is 0 Å². The lowest BCUT2D eigenvalue weighted by Crippen LogP contribution is -2.43. The van der Waals surface area contributed by atoms with E-state index in [1.807, 2.05) is 30.3 Å². The molecule has 0 aromatic heterocycles. The van der Waals surface area contributed by atoms with Crippen LogP contribution < -0.4 is 20.1 Å². The number of hydrogen-bond donors (Lipinski definition) is 2. The zero-order valence-electron chi connectivity index (χ0n) is 23.4. The number of esters is 1. The van der Waals surface area contributed by atoms with Crippen molar-refractivity contribution in [2.75, 3.05) is 63.7 Å². The van der Waals surface area contributed by atoms with E-state index in [0.717, 1.165) is 44.0 Å². The van der Waals surface area contributed by atoms with Crippen molar-refractivity contribution in [3.05, 3.63) is 82.9 Å². The summed E-state index contributed by atoms with van der Waals surface area (Å²) in [5, 5.41) is 6.45. The van der Waals surface area contributed by atoms with E-state index in [0.29, 0.717) is 52.8 Å². The van der Waals surface area contributed by atoms with Gasteiger partial charge in [0, 0.05) is 49.5 Å². The number of amides is 1. The molecule has 0 saturated carbocycles. The van der Waals surface area contributed by atoms with Gasteiger partial charge in [-0.05, 0) is 62.0 Å². The molecule has 212 valence electrons. The Balaban J connectivity index is 1.34. The normalized spacial score (nSPS) is 18.0. The van der Waals surface area contributed by atoms with E-state index in [1.54, 1.807) is 25.1 Å². The van der Waals surface area contributed by atoms with E-state index in [1.165, 1.54) is 5.56 Å². The minimum absolute atomic E-state index is 0.259. The standard InChI is InChI=1S/C32H34N4O5/c1-3-39-32(38)23-6-10-25-26(18-23)34-31(37)29(25)30(22-7-11-27-28(19-22)41-17-16-40-27)33-24-8-4-21(5-9-24)20-36-14-12-35(2)13-15-36/h4-11,18-19,33H,3,12-17,20H2,1-2H3,(H,34,37). The smallest absolute Gasteiger partial charge is 0.338 e. The first-order valence-electron chi connectivity index (χ1n) is 14.0. The minimum Gasteiger partial charge on any atom is -0.486 e. The Morgan fingerprint density at radius 2 is 1.66 bits per heavy atom. The van der Waals surface area contributed by atoms with Crippen LogP contribution in [0.2, 0.25) is 0 Å². The fourth-order valence-corrected chi connectivity index (χ4v) is 5.34. The first kappa shape index (κ1) is 26.9. The number of ether oxygens (including phenoxy) is 3. The van der Waals surface area contributed by atoms with E-state index in [4.69, 9.17) is 14.2 Å². The maximum Gasteiger partial charge on any atom is 0.338 e. The van der Waals surface area contributed by atoms with Crippen LogP contribution in [0.5, 0.6) is 11.5 Å². The van der Waals surface area contributed by atoms with Crippen LogP contribution in [0.1, 0.15) is 34.0 Å². The lowest BCUT2D eigenvalue weighted by atomic mass is 9.98. The molecular formula is C32H34N4O5. The molecule has 1 saturated heterocycles. The summed E-state index contributed by atoms with van der Waals surface area (Å²) in [6.07, 6.45) is 0. The number of hydrogen-bond acceptors (Lipinski definition) is 8. The number of anilines is 2. The number of rotatable bonds is 7. The zero-order valence-corrected chi connectivity index (χ0v) is 23.4. The summed E-state index contributed by atoms with van der Waals surface area (Å²) in [7, 11) is 2.16. The molecule has 9 heteroatoms. The van der Waals surface area contributed by atoms with Gasteiger partial charge in [0.05, 0.1) is 29.1 Å². The Hall–Kier alpha value is -4.34. The molecule has 6 rings (SSSR count). The molecule has 9 nitrogen and oxygen atoms in total. The van der Waals surface area contributed by atoms with Gasteiger partial charge in [0.25, 0.3) is 5.91 Å². The van der Waals surface area contributed by atoms with Crippen LogP contribution in [0.25, 0.3) is 11.3 Å². The average molecular weight is 555 g/mol. The van der Waals surface area contributed by atoms with Gasteiger partial charge in [-0.3, -0.25) is 9.69 Å². The van der Waals surface area contributed by atoms with Crippen LogP contribution in [0.4, 0.5) is 11.4 Å². The van der Waals surface area contributed by atoms with Gasteiger partial charge < -0.3 is 29.7 Å². The summed E-state index contributed by atoms with van der Waals surface area (Å²) >= 11 is 0. The highest BCUT2D eigenvalue weighted by molar-refractivity contribution is 6.37. The predicted molar refractivity (Wildman–Crippen MR) is 158 cm³/mol. The van der Waals surface area contributed by atoms with E-state index >= 15 is 0 Å². The molecule has 3 aromatic carbocycles. The molecule has 2 N–H and O–H groups in total. The van der Waals surface area contributed by atoms with Crippen molar-refractivity contribution in [3.63, 3.8) is 0 Å². The highest BCUT2D eigenvalue weighted by Crippen LogP contribution is 2.40. The van der Waals surface area contributed by atoms with Crippen molar-refractivity contribution in [1.82, 2.24) is 9.80 Å². The van der Waals surface area contributed by atoms with Crippen molar-refractivity contribution >= 4 is 34.5 Å². The predicted octanol–water partition coefficient (Wildman–Crippen LogP) is 4.31. The van der Waals surface area contributed by atoms with Crippen molar-refractivity contribution in [2.24, 2.45) is 0 Å². The number of likely N-dealkylation sites (N-methyl/N-ethyl adjacent to an activating group) is 1. The zero-order chi connectivity index (χ0) is 28.3. The molecule has 41 heavy (non-hydrogen) atoms. The highest BCUT2D eigenvalue weighted by Gasteiger charge is 2.30. The highest BCUT2D eigenvalue weighted by atomic mass is 16.6. The van der Waals surface area contributed by atoms with E-state index in [2.05, 4.69) is 39.6 Å². The number of fused-ring (bicyclic) bond motifs is 2. The Morgan fingerprint density at radius 1 is 0.927 bits per heavy atom. The van der Waals surface area contributed by atoms with Crippen LogP contribution in [0.15, 0.2) is 60.7 Å². The number of nitrogens with zero attached hydrogens (tertiary/aromatic N) is 2. The van der Waals surface area contributed by atoms with Gasteiger partial charge in [0.2, 0.25) is 0 Å². The lowest BCUT2D eigenvalue weighted by Gasteiger charge is -2.32. The Labute approximate surface area is 239 Å². The summed E-state index contributed by atoms with van der Waals surface area (Å²) in [6.45, 7) is 8.18. The number of piperazine rings is 1. The minimum atomic E-state index is -0.427. The first-order valence-corrected chi connectivity index (χ1v) is 14.0. The third-order valence-corrected chi connectivity index (χ3v) is 7.58. The Bertz CT molecular complexity index is 1490. The molecule has 0 radical (unpaired) electrons. The van der Waals surface area contributed by atoms with Gasteiger partial charge in [-0.15, -0.1) is 0 Å². The van der Waals surface area contributed by atoms with Crippen molar-refractivity contribution in [2.45, 2.75) is 13.5 Å². The van der Waals surface area contributed by atoms with Crippen molar-refractivity contribution < 1.29 is 23.8 Å². The van der Waals surface area contributed by atoms with Gasteiger partial charge >= 0.3 is 5.97 Å². The van der Waals surface area contributed by atoms with E-state index in [9.17, 15) is 9.59 Å². The van der Waals surface area contributed by atoms with Crippen LogP contribution in [-0.4, -0.2) is 74.7 Å². The van der Waals surface area contributed by atoms with Crippen LogP contribution in [-0.2, 0) is 16.1 Å². The van der Waals surface area contributed by atoms with Crippen LogP contribution in [0.3, 0.4) is 0 Å². The third-order valence-electron chi connectivity index (χ3n) is 7.58. The molecule has 1 amide bonds. The van der Waals surface area contributed by atoms with E-state index < -0.39 is 5.97 Å². The number of benzene rings is 3. The number of nitrogens with one attached hydrogen (secondary N) is 2. The largest absolute Gasteiger partial charge is 0.486 e. The molecule has 3 aliphatic heterocycles. The quantitative estimate of drug-likeness (QED) is 0.330. The maximum atomic E-state index is 13.4. The monoisotopic (exact) mass is 554 g/mol. The first-order chi connectivity index (χ1) is 20.0. The third kappa shape index (κ3) is 5.77. The lowest BCUT2D eigenvalue weighted by molar-refractivity contribution is -0.110. The second kappa shape index (κ2) is 11.6. The summed E-state index contributed by atoms with van der Waals surface area (Å²) in [4.78, 5) is 30.6. The van der Waals surface area contributed by atoms with Gasteiger partial charge in [-0.2, -0.15) is 0 Å². The van der Waals surface area contributed by atoms with Crippen LogP contribution in [0, 0.1) is 0 Å². The molecule has 0 spiro atoms.